The lowest BCUT2D eigenvalue weighted by Gasteiger charge is -2.34. The van der Waals surface area contributed by atoms with Crippen molar-refractivity contribution in [1.29, 1.82) is 0 Å². The Morgan fingerprint density at radius 2 is 1.48 bits per heavy atom. The van der Waals surface area contributed by atoms with Crippen LogP contribution in [-0.4, -0.2) is 43.9 Å². The van der Waals surface area contributed by atoms with Crippen LogP contribution in [0, 0.1) is 0 Å². The predicted octanol–water partition coefficient (Wildman–Crippen LogP) is 1.72. The maximum atomic E-state index is 10.4. The number of nitrogens with zero attached hydrogens (tertiary/aromatic N) is 1. The first-order valence-electron chi connectivity index (χ1n) is 11.7. The highest BCUT2D eigenvalue weighted by atomic mass is 35.5. The number of benzene rings is 1. The maximum absolute atomic E-state index is 10.4. The quantitative estimate of drug-likeness (QED) is 0.427. The van der Waals surface area contributed by atoms with Crippen molar-refractivity contribution in [2.24, 2.45) is 0 Å². The Hall–Kier alpha value is -0.480. The molecule has 5 heteroatoms. The van der Waals surface area contributed by atoms with Gasteiger partial charge in [0.15, 0.2) is 0 Å². The topological polar surface area (TPSA) is 27.9 Å². The molecule has 0 spiro atoms. The molecule has 3 nitrogen and oxygen atoms in total. The molecule has 1 atom stereocenters. The van der Waals surface area contributed by atoms with Crippen molar-refractivity contribution >= 4 is 17.3 Å². The van der Waals surface area contributed by atoms with E-state index in [1.807, 2.05) is 12.1 Å². The van der Waals surface area contributed by atoms with E-state index >= 15 is 0 Å². The molecular formula is C24H42Cl2N2O. The van der Waals surface area contributed by atoms with Gasteiger partial charge in [-0.3, -0.25) is 0 Å². The number of quaternary nitrogens is 1. The molecule has 1 fully saturated rings. The number of aliphatic hydroxyl groups excluding tert-OH is 1. The molecule has 1 unspecified atom stereocenters. The van der Waals surface area contributed by atoms with Gasteiger partial charge < -0.3 is 27.3 Å². The summed E-state index contributed by atoms with van der Waals surface area (Å²) in [7, 11) is 0. The van der Waals surface area contributed by atoms with Gasteiger partial charge in [0.2, 0.25) is 0 Å². The number of para-hydroxylation sites is 1. The summed E-state index contributed by atoms with van der Waals surface area (Å²) in [5.41, 5.74) is 1.15. The summed E-state index contributed by atoms with van der Waals surface area (Å²) in [5, 5.41) is 11.2. The Labute approximate surface area is 190 Å². The summed E-state index contributed by atoms with van der Waals surface area (Å²) in [4.78, 5) is 3.91. The van der Waals surface area contributed by atoms with Crippen LogP contribution in [0.2, 0.25) is 5.02 Å². The molecule has 1 aliphatic rings. The number of unbranched alkanes of at least 4 members (excludes halogenated alkanes) is 9. The van der Waals surface area contributed by atoms with Crippen molar-refractivity contribution in [3.63, 3.8) is 0 Å². The van der Waals surface area contributed by atoms with E-state index in [1.165, 1.54) is 69.1 Å². The van der Waals surface area contributed by atoms with Gasteiger partial charge in [-0.1, -0.05) is 94.9 Å². The normalized spacial score (nSPS) is 15.9. The van der Waals surface area contributed by atoms with Crippen molar-refractivity contribution in [1.82, 2.24) is 0 Å². The van der Waals surface area contributed by atoms with Gasteiger partial charge >= 0.3 is 0 Å². The Morgan fingerprint density at radius 3 is 2.07 bits per heavy atom. The van der Waals surface area contributed by atoms with Gasteiger partial charge in [-0.15, -0.1) is 0 Å². The minimum absolute atomic E-state index is 0. The molecule has 1 aromatic rings. The molecule has 0 aliphatic carbocycles. The summed E-state index contributed by atoms with van der Waals surface area (Å²) in [6.07, 6.45) is 14.4. The van der Waals surface area contributed by atoms with Crippen LogP contribution in [0.4, 0.5) is 5.69 Å². The van der Waals surface area contributed by atoms with E-state index in [1.54, 1.807) is 0 Å². The summed E-state index contributed by atoms with van der Waals surface area (Å²) in [5.74, 6) is 0. The third-order valence-corrected chi connectivity index (χ3v) is 6.40. The summed E-state index contributed by atoms with van der Waals surface area (Å²) >= 11 is 6.32. The monoisotopic (exact) mass is 444 g/mol. The largest absolute Gasteiger partial charge is 1.00 e. The smallest absolute Gasteiger partial charge is 0.104 e. The molecule has 0 aromatic heterocycles. The van der Waals surface area contributed by atoms with Crippen LogP contribution in [0.25, 0.3) is 0 Å². The van der Waals surface area contributed by atoms with E-state index in [0.29, 0.717) is 0 Å². The summed E-state index contributed by atoms with van der Waals surface area (Å²) in [6.45, 7) is 7.37. The first-order valence-corrected chi connectivity index (χ1v) is 12.1. The van der Waals surface area contributed by atoms with Gasteiger partial charge in [0.05, 0.1) is 36.9 Å². The van der Waals surface area contributed by atoms with Crippen LogP contribution < -0.4 is 22.2 Å². The van der Waals surface area contributed by atoms with Gasteiger partial charge in [0.25, 0.3) is 0 Å². The minimum atomic E-state index is -0.143. The number of anilines is 1. The minimum Gasteiger partial charge on any atom is -1.00 e. The zero-order chi connectivity index (χ0) is 20.0. The summed E-state index contributed by atoms with van der Waals surface area (Å²) in [6, 6.07) is 8.10. The van der Waals surface area contributed by atoms with E-state index < -0.39 is 0 Å². The van der Waals surface area contributed by atoms with E-state index in [0.717, 1.165) is 49.9 Å². The highest BCUT2D eigenvalue weighted by Gasteiger charge is 2.23. The number of rotatable bonds is 14. The number of aliphatic hydroxyl groups is 1. The fourth-order valence-electron chi connectivity index (χ4n) is 4.28. The summed E-state index contributed by atoms with van der Waals surface area (Å²) < 4.78 is 0. The molecule has 0 radical (unpaired) electrons. The molecule has 2 N–H and O–H groups in total. The fourth-order valence-corrected chi connectivity index (χ4v) is 4.53. The standard InChI is InChI=1S/C24H41ClN2O.ClH/c1-2-3-4-5-6-7-8-9-10-11-14-22(28)21-26-17-19-27(20-18-26)24-16-13-12-15-23(24)25;/h12-13,15-16,22,28H,2-11,14,17-21H2,1H3;1H. The van der Waals surface area contributed by atoms with Crippen molar-refractivity contribution < 1.29 is 22.4 Å². The van der Waals surface area contributed by atoms with Crippen molar-refractivity contribution in [2.75, 3.05) is 37.6 Å². The molecule has 0 saturated carbocycles. The van der Waals surface area contributed by atoms with Gasteiger partial charge in [-0.25, -0.2) is 0 Å². The molecule has 1 heterocycles. The van der Waals surface area contributed by atoms with E-state index in [9.17, 15) is 5.11 Å². The molecule has 29 heavy (non-hydrogen) atoms. The lowest BCUT2D eigenvalue weighted by Crippen LogP contribution is -3.15. The molecule has 1 saturated heterocycles. The second-order valence-electron chi connectivity index (χ2n) is 8.52. The maximum Gasteiger partial charge on any atom is 0.104 e. The first-order chi connectivity index (χ1) is 13.7. The van der Waals surface area contributed by atoms with Crippen molar-refractivity contribution in [3.8, 4) is 0 Å². The highest BCUT2D eigenvalue weighted by Crippen LogP contribution is 2.24. The van der Waals surface area contributed by atoms with Crippen LogP contribution in [0.15, 0.2) is 24.3 Å². The lowest BCUT2D eigenvalue weighted by atomic mass is 10.0. The Kier molecular flexibility index (Phi) is 14.9. The molecule has 1 aliphatic heterocycles. The number of halogens is 2. The van der Waals surface area contributed by atoms with Crippen LogP contribution in [0.3, 0.4) is 0 Å². The zero-order valence-corrected chi connectivity index (χ0v) is 19.9. The average molecular weight is 446 g/mol. The fraction of sp³-hybridized carbons (Fsp3) is 0.750. The third kappa shape index (κ3) is 10.9. The number of nitrogens with one attached hydrogen (secondary N) is 1. The van der Waals surface area contributed by atoms with Crippen LogP contribution in [-0.2, 0) is 0 Å². The molecule has 168 valence electrons. The SMILES string of the molecule is CCCCCCCCCCCCC(O)C[NH+]1CCN(c2ccccc2Cl)CC1.[Cl-]. The average Bonchev–Trinajstić information content (AvgIpc) is 2.70. The highest BCUT2D eigenvalue weighted by molar-refractivity contribution is 6.33. The second-order valence-corrected chi connectivity index (χ2v) is 8.92. The van der Waals surface area contributed by atoms with Crippen LogP contribution in [0.5, 0.6) is 0 Å². The van der Waals surface area contributed by atoms with E-state index in [-0.39, 0.29) is 18.5 Å². The Balaban J connectivity index is 0.00000420. The van der Waals surface area contributed by atoms with Gasteiger partial charge in [0.1, 0.15) is 12.6 Å². The van der Waals surface area contributed by atoms with Crippen LogP contribution in [0.1, 0.15) is 77.6 Å². The molecule has 1 aromatic carbocycles. The third-order valence-electron chi connectivity index (χ3n) is 6.08. The van der Waals surface area contributed by atoms with Gasteiger partial charge in [0, 0.05) is 0 Å². The molecular weight excluding hydrogens is 403 g/mol. The molecule has 0 amide bonds. The first kappa shape index (κ1) is 26.6. The number of hydrogen-bond donors (Lipinski definition) is 2. The molecule has 0 bridgehead atoms. The van der Waals surface area contributed by atoms with Crippen LogP contribution >= 0.6 is 11.6 Å². The molecule has 2 rings (SSSR count). The van der Waals surface area contributed by atoms with E-state index in [2.05, 4.69) is 24.0 Å². The Bertz CT molecular complexity index is 521. The zero-order valence-electron chi connectivity index (χ0n) is 18.4. The van der Waals surface area contributed by atoms with Crippen molar-refractivity contribution in [2.45, 2.75) is 83.7 Å². The predicted molar refractivity (Wildman–Crippen MR) is 122 cm³/mol. The number of piperazine rings is 1. The number of hydrogen-bond acceptors (Lipinski definition) is 2. The van der Waals surface area contributed by atoms with E-state index in [4.69, 9.17) is 11.6 Å². The van der Waals surface area contributed by atoms with Crippen molar-refractivity contribution in [3.05, 3.63) is 29.3 Å². The van der Waals surface area contributed by atoms with Gasteiger partial charge in [-0.05, 0) is 18.6 Å². The Morgan fingerprint density at radius 1 is 0.931 bits per heavy atom. The lowest BCUT2D eigenvalue weighted by molar-refractivity contribution is -0.903. The second kappa shape index (κ2) is 16.2. The van der Waals surface area contributed by atoms with Gasteiger partial charge in [-0.2, -0.15) is 0 Å².